The van der Waals surface area contributed by atoms with Crippen molar-refractivity contribution >= 4 is 5.97 Å². The molecule has 0 radical (unpaired) electrons. The van der Waals surface area contributed by atoms with Crippen LogP contribution in [0.2, 0.25) is 0 Å². The topological polar surface area (TPSA) is 29.5 Å². The van der Waals surface area contributed by atoms with Crippen LogP contribution in [0, 0.1) is 11.8 Å². The minimum Gasteiger partial charge on any atom is -0.368 e. The molecule has 0 aliphatic rings. The van der Waals surface area contributed by atoms with E-state index in [0.717, 1.165) is 30.0 Å². The Kier molecular flexibility index (Phi) is 12.4. The molecule has 2 rings (SSSR count). The molecule has 35 heavy (non-hydrogen) atoms. The zero-order valence-electron chi connectivity index (χ0n) is 20.8. The lowest BCUT2D eigenvalue weighted by atomic mass is 10.1. The lowest BCUT2D eigenvalue weighted by Crippen LogP contribution is -2.27. The minimum atomic E-state index is -4.48. The average molecular weight is 488 g/mol. The van der Waals surface area contributed by atoms with Gasteiger partial charge in [-0.2, -0.15) is 13.2 Å². The van der Waals surface area contributed by atoms with Gasteiger partial charge >= 0.3 is 12.1 Å². The van der Waals surface area contributed by atoms with E-state index in [-0.39, 0.29) is 18.7 Å². The van der Waals surface area contributed by atoms with Gasteiger partial charge in [0.1, 0.15) is 0 Å². The summed E-state index contributed by atoms with van der Waals surface area (Å²) in [4.78, 5) is 16.7. The third kappa shape index (κ3) is 11.5. The number of benzene rings is 2. The molecule has 0 heterocycles. The Labute approximate surface area is 207 Å². The second-order valence-corrected chi connectivity index (χ2v) is 8.76. The van der Waals surface area contributed by atoms with Gasteiger partial charge in [-0.15, -0.1) is 5.06 Å². The van der Waals surface area contributed by atoms with Gasteiger partial charge in [0.15, 0.2) is 0 Å². The Morgan fingerprint density at radius 1 is 0.886 bits per heavy atom. The number of unbranched alkanes of at least 4 members (excludes halogenated alkanes) is 8. The van der Waals surface area contributed by atoms with Crippen LogP contribution < -0.4 is 0 Å². The summed E-state index contributed by atoms with van der Waals surface area (Å²) < 4.78 is 40.0. The molecule has 0 fully saturated rings. The van der Waals surface area contributed by atoms with Crippen molar-refractivity contribution in [1.29, 1.82) is 0 Å². The van der Waals surface area contributed by atoms with Gasteiger partial charge in [0.25, 0.3) is 0 Å². The van der Waals surface area contributed by atoms with Gasteiger partial charge in [-0.25, -0.2) is 0 Å². The van der Waals surface area contributed by atoms with Gasteiger partial charge in [-0.3, -0.25) is 4.79 Å². The van der Waals surface area contributed by atoms with Crippen LogP contribution in [0.5, 0.6) is 0 Å². The van der Waals surface area contributed by atoms with Gasteiger partial charge < -0.3 is 4.84 Å². The van der Waals surface area contributed by atoms with E-state index < -0.39 is 17.7 Å². The number of hydrogen-bond donors (Lipinski definition) is 0. The molecule has 2 aromatic carbocycles. The molecular formula is C29H36F3NO2. The summed E-state index contributed by atoms with van der Waals surface area (Å²) in [5.74, 6) is 5.80. The molecule has 0 aromatic heterocycles. The second-order valence-electron chi connectivity index (χ2n) is 8.76. The molecule has 0 saturated heterocycles. The number of hydrogen-bond acceptors (Lipinski definition) is 3. The molecule has 0 N–H and O–H groups in total. The molecular weight excluding hydrogens is 451 g/mol. The fourth-order valence-electron chi connectivity index (χ4n) is 3.84. The first-order valence-corrected chi connectivity index (χ1v) is 12.5. The number of halogens is 3. The maximum absolute atomic E-state index is 13.3. The van der Waals surface area contributed by atoms with Crippen LogP contribution in [0.1, 0.15) is 93.9 Å². The van der Waals surface area contributed by atoms with Crippen molar-refractivity contribution in [1.82, 2.24) is 5.06 Å². The molecule has 6 heteroatoms. The van der Waals surface area contributed by atoms with Crippen molar-refractivity contribution in [3.05, 3.63) is 70.8 Å². The maximum Gasteiger partial charge on any atom is 0.416 e. The number of rotatable bonds is 13. The largest absolute Gasteiger partial charge is 0.416 e. The summed E-state index contributed by atoms with van der Waals surface area (Å²) in [5.41, 5.74) is 1.00. The van der Waals surface area contributed by atoms with E-state index in [1.807, 2.05) is 24.3 Å². The number of carbonyl (C=O) groups is 1. The fourth-order valence-corrected chi connectivity index (χ4v) is 3.84. The van der Waals surface area contributed by atoms with E-state index in [2.05, 4.69) is 18.8 Å². The number of carbonyl (C=O) groups excluding carboxylic acids is 1. The lowest BCUT2D eigenvalue weighted by Gasteiger charge is -2.22. The summed E-state index contributed by atoms with van der Waals surface area (Å²) >= 11 is 0. The highest BCUT2D eigenvalue weighted by molar-refractivity contribution is 5.65. The minimum absolute atomic E-state index is 0.0460. The molecule has 0 spiro atoms. The van der Waals surface area contributed by atoms with Gasteiger partial charge in [-0.1, -0.05) is 94.0 Å². The number of hydroxylamine groups is 2. The van der Waals surface area contributed by atoms with Crippen molar-refractivity contribution in [2.75, 3.05) is 0 Å². The van der Waals surface area contributed by atoms with Gasteiger partial charge in [0.05, 0.1) is 18.7 Å². The predicted octanol–water partition coefficient (Wildman–Crippen LogP) is 8.07. The molecule has 190 valence electrons. The van der Waals surface area contributed by atoms with E-state index in [0.29, 0.717) is 0 Å². The van der Waals surface area contributed by atoms with Crippen LogP contribution >= 0.6 is 0 Å². The highest BCUT2D eigenvalue weighted by atomic mass is 19.4. The van der Waals surface area contributed by atoms with Gasteiger partial charge in [0, 0.05) is 18.9 Å². The first-order valence-electron chi connectivity index (χ1n) is 12.5. The summed E-state index contributed by atoms with van der Waals surface area (Å²) in [6.07, 6.45) is 6.56. The molecule has 2 aromatic rings. The second kappa shape index (κ2) is 15.3. The molecule has 0 aliphatic carbocycles. The van der Waals surface area contributed by atoms with Gasteiger partial charge in [-0.05, 0) is 35.7 Å². The number of alkyl halides is 3. The van der Waals surface area contributed by atoms with E-state index in [1.165, 1.54) is 75.1 Å². The molecule has 0 bridgehead atoms. The Balaban J connectivity index is 1.88. The van der Waals surface area contributed by atoms with Crippen LogP contribution in [-0.2, 0) is 28.9 Å². The molecule has 0 saturated carbocycles. The van der Waals surface area contributed by atoms with Crippen LogP contribution in [0.25, 0.3) is 0 Å². The Morgan fingerprint density at radius 3 is 2.14 bits per heavy atom. The van der Waals surface area contributed by atoms with Crippen molar-refractivity contribution in [2.24, 2.45) is 0 Å². The van der Waals surface area contributed by atoms with Crippen LogP contribution in [-0.4, -0.2) is 11.0 Å². The van der Waals surface area contributed by atoms with Crippen LogP contribution in [0.4, 0.5) is 13.2 Å². The van der Waals surface area contributed by atoms with Crippen molar-refractivity contribution in [3.63, 3.8) is 0 Å². The molecule has 3 nitrogen and oxygen atoms in total. The summed E-state index contributed by atoms with van der Waals surface area (Å²) in [6, 6.07) is 12.8. The highest BCUT2D eigenvalue weighted by Gasteiger charge is 2.33. The van der Waals surface area contributed by atoms with E-state index >= 15 is 0 Å². The third-order valence-corrected chi connectivity index (χ3v) is 5.63. The third-order valence-electron chi connectivity index (χ3n) is 5.63. The Hall–Kier alpha value is -2.78. The standard InChI is InChI=1S/C29H36F3NO2/c1-3-4-5-6-7-8-9-10-11-12-15-25-18-20-26(21-19-25)22-33(35-24(2)34)23-27-16-13-14-17-28(27)29(30,31)32/h13-14,16-21H,3-11,22-23H2,1-2H3. The van der Waals surface area contributed by atoms with Crippen LogP contribution in [0.15, 0.2) is 48.5 Å². The summed E-state index contributed by atoms with van der Waals surface area (Å²) in [6.45, 7) is 3.45. The van der Waals surface area contributed by atoms with Gasteiger partial charge in [0.2, 0.25) is 0 Å². The summed E-state index contributed by atoms with van der Waals surface area (Å²) in [5, 5.41) is 1.25. The zero-order valence-corrected chi connectivity index (χ0v) is 20.8. The predicted molar refractivity (Wildman–Crippen MR) is 133 cm³/mol. The Morgan fingerprint density at radius 2 is 1.51 bits per heavy atom. The van der Waals surface area contributed by atoms with E-state index in [9.17, 15) is 18.0 Å². The fraction of sp³-hybridized carbons (Fsp3) is 0.483. The first kappa shape index (κ1) is 28.5. The smallest absolute Gasteiger partial charge is 0.368 e. The normalized spacial score (nSPS) is 11.3. The molecule has 0 aliphatic heterocycles. The van der Waals surface area contributed by atoms with Crippen molar-refractivity contribution in [2.45, 2.75) is 90.9 Å². The monoisotopic (exact) mass is 487 g/mol. The van der Waals surface area contributed by atoms with Crippen LogP contribution in [0.3, 0.4) is 0 Å². The number of nitrogens with zero attached hydrogens (tertiary/aromatic N) is 1. The molecule has 0 atom stereocenters. The van der Waals surface area contributed by atoms with Crippen molar-refractivity contribution in [3.8, 4) is 11.8 Å². The highest BCUT2D eigenvalue weighted by Crippen LogP contribution is 2.32. The quantitative estimate of drug-likeness (QED) is 0.163. The molecule has 0 amide bonds. The average Bonchev–Trinajstić information content (AvgIpc) is 2.80. The lowest BCUT2D eigenvalue weighted by molar-refractivity contribution is -0.194. The Bertz CT molecular complexity index is 958. The van der Waals surface area contributed by atoms with E-state index in [4.69, 9.17) is 4.84 Å². The summed E-state index contributed by atoms with van der Waals surface area (Å²) in [7, 11) is 0. The molecule has 0 unspecified atom stereocenters. The van der Waals surface area contributed by atoms with E-state index in [1.54, 1.807) is 0 Å². The maximum atomic E-state index is 13.3. The first-order chi connectivity index (χ1) is 16.8. The SMILES string of the molecule is CCCCCCCCCCC#Cc1ccc(CN(Cc2ccccc2C(F)(F)F)OC(C)=O)cc1. The van der Waals surface area contributed by atoms with Crippen molar-refractivity contribution < 1.29 is 22.8 Å². The zero-order chi connectivity index (χ0) is 25.5.